The van der Waals surface area contributed by atoms with Crippen molar-refractivity contribution in [3.8, 4) is 11.5 Å². The van der Waals surface area contributed by atoms with E-state index in [2.05, 4.69) is 47.6 Å². The van der Waals surface area contributed by atoms with E-state index in [1.165, 1.54) is 11.1 Å². The molecule has 0 saturated carbocycles. The molecule has 3 N–H and O–H groups in total. The first-order chi connectivity index (χ1) is 11.2. The highest BCUT2D eigenvalue weighted by Crippen LogP contribution is 2.38. The Kier molecular flexibility index (Phi) is 3.33. The Morgan fingerprint density at radius 3 is 2.83 bits per heavy atom. The van der Waals surface area contributed by atoms with E-state index in [1.54, 1.807) is 0 Å². The minimum absolute atomic E-state index is 0.0616. The highest BCUT2D eigenvalue weighted by Gasteiger charge is 2.26. The molecule has 2 heterocycles. The molecule has 0 spiro atoms. The Morgan fingerprint density at radius 2 is 1.96 bits per heavy atom. The summed E-state index contributed by atoms with van der Waals surface area (Å²) >= 11 is 0. The molecule has 0 radical (unpaired) electrons. The lowest BCUT2D eigenvalue weighted by molar-refractivity contribution is 0.174. The summed E-state index contributed by atoms with van der Waals surface area (Å²) in [5.41, 5.74) is 9.58. The fraction of sp³-hybridized carbons (Fsp3) is 0.278. The van der Waals surface area contributed by atoms with Crippen molar-refractivity contribution in [1.29, 1.82) is 0 Å². The molecule has 0 amide bonds. The van der Waals surface area contributed by atoms with E-state index in [0.717, 1.165) is 23.5 Å². The van der Waals surface area contributed by atoms with E-state index in [4.69, 9.17) is 15.2 Å². The largest absolute Gasteiger partial charge is 0.454 e. The number of hydrogen-bond donors (Lipinski definition) is 2. The van der Waals surface area contributed by atoms with Crippen LogP contribution in [0.3, 0.4) is 0 Å². The molecule has 2 aliphatic heterocycles. The number of benzene rings is 2. The molecule has 2 aliphatic rings. The minimum Gasteiger partial charge on any atom is -0.454 e. The molecule has 4 rings (SSSR count). The normalized spacial score (nSPS) is 22.4. The molecule has 0 bridgehead atoms. The first-order valence-corrected chi connectivity index (χ1v) is 7.75. The molecular formula is C18H19N3O2. The monoisotopic (exact) mass is 309 g/mol. The summed E-state index contributed by atoms with van der Waals surface area (Å²) in [4.78, 5) is 4.57. The molecule has 5 heteroatoms. The first kappa shape index (κ1) is 13.9. The van der Waals surface area contributed by atoms with Crippen molar-refractivity contribution in [3.63, 3.8) is 0 Å². The molecule has 2 aromatic rings. The molecule has 2 unspecified atom stereocenters. The molecule has 23 heavy (non-hydrogen) atoms. The van der Waals surface area contributed by atoms with Crippen LogP contribution in [-0.4, -0.2) is 12.8 Å². The van der Waals surface area contributed by atoms with Gasteiger partial charge in [-0.15, -0.1) is 0 Å². The Hall–Kier alpha value is -2.69. The van der Waals surface area contributed by atoms with Gasteiger partial charge in [-0.1, -0.05) is 35.9 Å². The van der Waals surface area contributed by atoms with E-state index in [0.29, 0.717) is 5.96 Å². The summed E-state index contributed by atoms with van der Waals surface area (Å²) in [6, 6.07) is 14.6. The van der Waals surface area contributed by atoms with Gasteiger partial charge in [0.1, 0.15) is 0 Å². The maximum Gasteiger partial charge on any atom is 0.231 e. The van der Waals surface area contributed by atoms with Crippen molar-refractivity contribution >= 4 is 5.96 Å². The van der Waals surface area contributed by atoms with Gasteiger partial charge in [0.2, 0.25) is 6.79 Å². The maximum absolute atomic E-state index is 6.02. The number of aliphatic imine (C=N–C) groups is 1. The zero-order valence-corrected chi connectivity index (χ0v) is 13.0. The van der Waals surface area contributed by atoms with E-state index < -0.39 is 0 Å². The van der Waals surface area contributed by atoms with Crippen molar-refractivity contribution in [2.24, 2.45) is 10.7 Å². The minimum atomic E-state index is 0.0616. The SMILES string of the molecule is Cc1cccc(C2CC(c3ccc4c(c3)OCO4)NC(N)=N2)c1. The van der Waals surface area contributed by atoms with Gasteiger partial charge in [0, 0.05) is 0 Å². The van der Waals surface area contributed by atoms with Gasteiger partial charge in [0.05, 0.1) is 12.1 Å². The van der Waals surface area contributed by atoms with Gasteiger partial charge in [-0.05, 0) is 36.6 Å². The van der Waals surface area contributed by atoms with Crippen LogP contribution in [0.2, 0.25) is 0 Å². The second kappa shape index (κ2) is 5.50. The third-order valence-corrected chi connectivity index (χ3v) is 4.30. The van der Waals surface area contributed by atoms with Crippen LogP contribution in [0.5, 0.6) is 11.5 Å². The van der Waals surface area contributed by atoms with Gasteiger partial charge >= 0.3 is 0 Å². The second-order valence-corrected chi connectivity index (χ2v) is 5.99. The number of aryl methyl sites for hydroxylation is 1. The lowest BCUT2D eigenvalue weighted by Gasteiger charge is -2.29. The van der Waals surface area contributed by atoms with Crippen LogP contribution in [0.1, 0.15) is 35.2 Å². The topological polar surface area (TPSA) is 68.9 Å². The average molecular weight is 309 g/mol. The van der Waals surface area contributed by atoms with Crippen LogP contribution in [0, 0.1) is 6.92 Å². The van der Waals surface area contributed by atoms with E-state index >= 15 is 0 Å². The fourth-order valence-corrected chi connectivity index (χ4v) is 3.16. The molecule has 118 valence electrons. The van der Waals surface area contributed by atoms with Crippen LogP contribution in [0.25, 0.3) is 0 Å². The summed E-state index contributed by atoms with van der Waals surface area (Å²) in [6.45, 7) is 2.37. The van der Waals surface area contributed by atoms with Crippen molar-refractivity contribution in [1.82, 2.24) is 5.32 Å². The second-order valence-electron chi connectivity index (χ2n) is 5.99. The molecule has 0 aromatic heterocycles. The van der Waals surface area contributed by atoms with E-state index in [-0.39, 0.29) is 18.9 Å². The van der Waals surface area contributed by atoms with Crippen LogP contribution >= 0.6 is 0 Å². The summed E-state index contributed by atoms with van der Waals surface area (Å²) in [6.07, 6.45) is 0.851. The number of fused-ring (bicyclic) bond motifs is 1. The fourth-order valence-electron chi connectivity index (χ4n) is 3.16. The number of ether oxygens (including phenoxy) is 2. The van der Waals surface area contributed by atoms with Crippen molar-refractivity contribution in [2.45, 2.75) is 25.4 Å². The number of rotatable bonds is 2. The van der Waals surface area contributed by atoms with Gasteiger partial charge in [-0.25, -0.2) is 4.99 Å². The molecule has 0 fully saturated rings. The standard InChI is InChI=1S/C18H19N3O2/c1-11-3-2-4-12(7-11)14-9-15(21-18(19)20-14)13-5-6-16-17(8-13)23-10-22-16/h2-8,14-15H,9-10H2,1H3,(H3,19,20,21). The lowest BCUT2D eigenvalue weighted by Crippen LogP contribution is -2.39. The van der Waals surface area contributed by atoms with Crippen LogP contribution in [-0.2, 0) is 0 Å². The van der Waals surface area contributed by atoms with Crippen LogP contribution < -0.4 is 20.5 Å². The number of hydrogen-bond acceptors (Lipinski definition) is 5. The molecule has 2 aromatic carbocycles. The van der Waals surface area contributed by atoms with Gasteiger partial charge in [0.25, 0.3) is 0 Å². The van der Waals surface area contributed by atoms with Crippen molar-refractivity contribution in [2.75, 3.05) is 6.79 Å². The predicted octanol–water partition coefficient (Wildman–Crippen LogP) is 2.81. The third-order valence-electron chi connectivity index (χ3n) is 4.30. The predicted molar refractivity (Wildman–Crippen MR) is 88.6 cm³/mol. The zero-order valence-electron chi connectivity index (χ0n) is 13.0. The lowest BCUT2D eigenvalue weighted by atomic mass is 9.93. The first-order valence-electron chi connectivity index (χ1n) is 7.75. The smallest absolute Gasteiger partial charge is 0.231 e. The number of nitrogens with one attached hydrogen (secondary N) is 1. The van der Waals surface area contributed by atoms with Gasteiger partial charge in [-0.2, -0.15) is 0 Å². The number of nitrogens with two attached hydrogens (primary N) is 1. The Morgan fingerprint density at radius 1 is 1.09 bits per heavy atom. The maximum atomic E-state index is 6.02. The third kappa shape index (κ3) is 2.70. The molecular weight excluding hydrogens is 290 g/mol. The molecule has 0 aliphatic carbocycles. The van der Waals surface area contributed by atoms with Crippen LogP contribution in [0.4, 0.5) is 0 Å². The van der Waals surface area contributed by atoms with E-state index in [1.807, 2.05) is 12.1 Å². The number of nitrogens with zero attached hydrogens (tertiary/aromatic N) is 1. The summed E-state index contributed by atoms with van der Waals surface area (Å²) in [7, 11) is 0. The quantitative estimate of drug-likeness (QED) is 0.895. The summed E-state index contributed by atoms with van der Waals surface area (Å²) in [5, 5.41) is 3.27. The highest BCUT2D eigenvalue weighted by atomic mass is 16.7. The zero-order chi connectivity index (χ0) is 15.8. The summed E-state index contributed by atoms with van der Waals surface area (Å²) in [5.74, 6) is 2.06. The van der Waals surface area contributed by atoms with Gasteiger partial charge in [-0.3, -0.25) is 0 Å². The number of guanidine groups is 1. The Labute approximate surface area is 135 Å². The van der Waals surface area contributed by atoms with Crippen LogP contribution in [0.15, 0.2) is 47.5 Å². The van der Waals surface area contributed by atoms with E-state index in [9.17, 15) is 0 Å². The Bertz CT molecular complexity index is 773. The summed E-state index contributed by atoms with van der Waals surface area (Å²) < 4.78 is 10.8. The highest BCUT2D eigenvalue weighted by molar-refractivity contribution is 5.79. The average Bonchev–Trinajstić information content (AvgIpc) is 3.02. The Balaban J connectivity index is 1.63. The molecule has 5 nitrogen and oxygen atoms in total. The molecule has 0 saturated heterocycles. The van der Waals surface area contributed by atoms with Gasteiger partial charge < -0.3 is 20.5 Å². The van der Waals surface area contributed by atoms with Crippen molar-refractivity contribution < 1.29 is 9.47 Å². The van der Waals surface area contributed by atoms with Crippen molar-refractivity contribution in [3.05, 3.63) is 59.2 Å². The molecule has 2 atom stereocenters. The van der Waals surface area contributed by atoms with Gasteiger partial charge in [0.15, 0.2) is 17.5 Å².